The lowest BCUT2D eigenvalue weighted by Crippen LogP contribution is -2.11. The van der Waals surface area contributed by atoms with Gasteiger partial charge in [-0.3, -0.25) is 4.79 Å². The van der Waals surface area contributed by atoms with Crippen LogP contribution in [-0.2, 0) is 27.8 Å². The van der Waals surface area contributed by atoms with Crippen LogP contribution in [0.15, 0.2) is 42.5 Å². The Kier molecular flexibility index (Phi) is 6.24. The van der Waals surface area contributed by atoms with Gasteiger partial charge >= 0.3 is 5.97 Å². The number of esters is 1. The van der Waals surface area contributed by atoms with Crippen molar-refractivity contribution < 1.29 is 14.3 Å². The summed E-state index contributed by atoms with van der Waals surface area (Å²) in [4.78, 5) is 11.2. The number of aryl methyl sites for hydroxylation is 1. The Morgan fingerprint density at radius 3 is 2.16 bits per heavy atom. The van der Waals surface area contributed by atoms with Crippen molar-refractivity contribution >= 4 is 5.97 Å². The number of ether oxygens (including phenoxy) is 2. The summed E-state index contributed by atoms with van der Waals surface area (Å²) in [5, 5.41) is 0. The number of benzene rings is 2. The maximum Gasteiger partial charge on any atom is 0.305 e. The lowest BCUT2D eigenvalue weighted by molar-refractivity contribution is -0.140. The molecule has 0 amide bonds. The molecule has 0 saturated carbocycles. The van der Waals surface area contributed by atoms with E-state index in [1.165, 1.54) is 23.8 Å². The summed E-state index contributed by atoms with van der Waals surface area (Å²) in [5.41, 5.74) is 4.98. The van der Waals surface area contributed by atoms with E-state index >= 15 is 0 Å². The topological polar surface area (TPSA) is 35.5 Å². The van der Waals surface area contributed by atoms with E-state index in [9.17, 15) is 4.79 Å². The van der Waals surface area contributed by atoms with Crippen LogP contribution in [0.2, 0.25) is 0 Å². The second-order valence-corrected chi connectivity index (χ2v) is 7.35. The van der Waals surface area contributed by atoms with Crippen molar-refractivity contribution in [2.45, 2.75) is 45.4 Å². The lowest BCUT2D eigenvalue weighted by atomic mass is 9.85. The van der Waals surface area contributed by atoms with Crippen LogP contribution < -0.4 is 4.74 Å². The van der Waals surface area contributed by atoms with E-state index < -0.39 is 0 Å². The summed E-state index contributed by atoms with van der Waals surface area (Å²) in [5.74, 6) is 0.746. The first-order chi connectivity index (χ1) is 11.8. The fraction of sp³-hybridized carbons (Fsp3) is 0.409. The Bertz CT molecular complexity index is 709. The first-order valence-electron chi connectivity index (χ1n) is 8.65. The monoisotopic (exact) mass is 340 g/mol. The fourth-order valence-corrected chi connectivity index (χ4v) is 2.78. The first-order valence-corrected chi connectivity index (χ1v) is 8.65. The van der Waals surface area contributed by atoms with Gasteiger partial charge in [0.05, 0.1) is 14.2 Å². The van der Waals surface area contributed by atoms with Crippen LogP contribution in [0, 0.1) is 0 Å². The van der Waals surface area contributed by atoms with Crippen molar-refractivity contribution in [1.82, 2.24) is 0 Å². The minimum Gasteiger partial charge on any atom is -0.496 e. The third-order valence-electron chi connectivity index (χ3n) is 4.41. The van der Waals surface area contributed by atoms with E-state index in [2.05, 4.69) is 68.0 Å². The van der Waals surface area contributed by atoms with Crippen molar-refractivity contribution in [3.63, 3.8) is 0 Å². The molecule has 0 atom stereocenters. The molecule has 0 N–H and O–H groups in total. The van der Waals surface area contributed by atoms with Gasteiger partial charge in [-0.25, -0.2) is 0 Å². The molecule has 0 heterocycles. The normalized spacial score (nSPS) is 11.2. The highest BCUT2D eigenvalue weighted by Crippen LogP contribution is 2.29. The summed E-state index contributed by atoms with van der Waals surface area (Å²) in [6, 6.07) is 14.8. The molecule has 25 heavy (non-hydrogen) atoms. The Hall–Kier alpha value is -2.29. The van der Waals surface area contributed by atoms with Crippen LogP contribution in [-0.4, -0.2) is 20.2 Å². The number of hydrogen-bond donors (Lipinski definition) is 0. The minimum absolute atomic E-state index is 0.110. The smallest absolute Gasteiger partial charge is 0.305 e. The molecule has 0 aliphatic heterocycles. The van der Waals surface area contributed by atoms with E-state index in [4.69, 9.17) is 4.74 Å². The zero-order chi connectivity index (χ0) is 18.4. The zero-order valence-corrected chi connectivity index (χ0v) is 15.9. The summed E-state index contributed by atoms with van der Waals surface area (Å²) >= 11 is 0. The Labute approximate surface area is 151 Å². The van der Waals surface area contributed by atoms with E-state index in [0.29, 0.717) is 12.8 Å². The molecule has 0 unspecified atom stereocenters. The molecule has 0 spiro atoms. The molecule has 2 rings (SSSR count). The van der Waals surface area contributed by atoms with Crippen LogP contribution in [0.3, 0.4) is 0 Å². The molecule has 0 radical (unpaired) electrons. The molecule has 0 fully saturated rings. The fourth-order valence-electron chi connectivity index (χ4n) is 2.78. The van der Waals surface area contributed by atoms with Crippen molar-refractivity contribution in [2.24, 2.45) is 0 Å². The molecule has 3 heteroatoms. The molecular weight excluding hydrogens is 312 g/mol. The number of methoxy groups -OCH3 is 2. The molecule has 0 aromatic heterocycles. The van der Waals surface area contributed by atoms with Gasteiger partial charge in [0.15, 0.2) is 0 Å². The van der Waals surface area contributed by atoms with Gasteiger partial charge in [0.25, 0.3) is 0 Å². The molecule has 134 valence electrons. The SMILES string of the molecule is COC(=O)CCc1ccc(Cc2cc(C(C)(C)C)ccc2OC)cc1. The third kappa shape index (κ3) is 5.35. The van der Waals surface area contributed by atoms with Crippen LogP contribution in [0.25, 0.3) is 0 Å². The van der Waals surface area contributed by atoms with E-state index in [1.54, 1.807) is 7.11 Å². The summed E-state index contributed by atoms with van der Waals surface area (Å²) in [6.07, 6.45) is 1.94. The van der Waals surface area contributed by atoms with Gasteiger partial charge in [-0.05, 0) is 40.2 Å². The maximum atomic E-state index is 11.2. The van der Waals surface area contributed by atoms with Crippen LogP contribution in [0.5, 0.6) is 5.75 Å². The number of carbonyl (C=O) groups excluding carboxylic acids is 1. The van der Waals surface area contributed by atoms with Crippen LogP contribution >= 0.6 is 0 Å². The van der Waals surface area contributed by atoms with Crippen molar-refractivity contribution in [1.29, 1.82) is 0 Å². The van der Waals surface area contributed by atoms with Gasteiger partial charge in [-0.1, -0.05) is 57.2 Å². The third-order valence-corrected chi connectivity index (χ3v) is 4.41. The molecule has 2 aromatic rings. The predicted octanol–water partition coefficient (Wildman–Crippen LogP) is 4.69. The summed E-state index contributed by atoms with van der Waals surface area (Å²) in [6.45, 7) is 6.65. The molecule has 0 saturated heterocycles. The van der Waals surface area contributed by atoms with Crippen molar-refractivity contribution in [3.05, 3.63) is 64.7 Å². The van der Waals surface area contributed by atoms with Gasteiger partial charge in [-0.15, -0.1) is 0 Å². The average molecular weight is 340 g/mol. The highest BCUT2D eigenvalue weighted by atomic mass is 16.5. The quantitative estimate of drug-likeness (QED) is 0.716. The lowest BCUT2D eigenvalue weighted by Gasteiger charge is -2.21. The number of carbonyl (C=O) groups is 1. The van der Waals surface area contributed by atoms with Crippen LogP contribution in [0.4, 0.5) is 0 Å². The van der Waals surface area contributed by atoms with Gasteiger partial charge in [0, 0.05) is 12.8 Å². The molecule has 0 aliphatic carbocycles. The van der Waals surface area contributed by atoms with Gasteiger partial charge in [0.1, 0.15) is 5.75 Å². The average Bonchev–Trinajstić information content (AvgIpc) is 2.60. The molecule has 0 aliphatic rings. The highest BCUT2D eigenvalue weighted by molar-refractivity contribution is 5.69. The maximum absolute atomic E-state index is 11.2. The predicted molar refractivity (Wildman–Crippen MR) is 101 cm³/mol. The zero-order valence-electron chi connectivity index (χ0n) is 15.9. The molecule has 2 aromatic carbocycles. The van der Waals surface area contributed by atoms with E-state index in [0.717, 1.165) is 17.7 Å². The number of hydrogen-bond acceptors (Lipinski definition) is 3. The van der Waals surface area contributed by atoms with E-state index in [1.807, 2.05) is 0 Å². The Balaban J connectivity index is 2.14. The van der Waals surface area contributed by atoms with Crippen molar-refractivity contribution in [3.8, 4) is 5.75 Å². The molecule has 0 bridgehead atoms. The van der Waals surface area contributed by atoms with Crippen molar-refractivity contribution in [2.75, 3.05) is 14.2 Å². The summed E-state index contributed by atoms with van der Waals surface area (Å²) < 4.78 is 10.2. The van der Waals surface area contributed by atoms with E-state index in [-0.39, 0.29) is 11.4 Å². The standard InChI is InChI=1S/C22H28O3/c1-22(2,3)19-11-12-20(24-4)18(15-19)14-17-8-6-16(7-9-17)10-13-21(23)25-5/h6-9,11-12,15H,10,13-14H2,1-5H3. The molecule has 3 nitrogen and oxygen atoms in total. The minimum atomic E-state index is -0.173. The summed E-state index contributed by atoms with van der Waals surface area (Å²) in [7, 11) is 3.13. The first kappa shape index (κ1) is 19.0. The Morgan fingerprint density at radius 1 is 0.960 bits per heavy atom. The highest BCUT2D eigenvalue weighted by Gasteiger charge is 2.16. The second kappa shape index (κ2) is 8.19. The van der Waals surface area contributed by atoms with Gasteiger partial charge in [0.2, 0.25) is 0 Å². The van der Waals surface area contributed by atoms with Gasteiger partial charge in [-0.2, -0.15) is 0 Å². The number of rotatable bonds is 6. The molecular formula is C22H28O3. The largest absolute Gasteiger partial charge is 0.496 e. The second-order valence-electron chi connectivity index (χ2n) is 7.35. The van der Waals surface area contributed by atoms with Crippen LogP contribution in [0.1, 0.15) is 49.4 Å². The van der Waals surface area contributed by atoms with Gasteiger partial charge < -0.3 is 9.47 Å². The Morgan fingerprint density at radius 2 is 1.60 bits per heavy atom.